The first-order valence-electron chi connectivity index (χ1n) is 9.20. The smallest absolute Gasteiger partial charge is 0.260 e. The van der Waals surface area contributed by atoms with Crippen LogP contribution in [0.2, 0.25) is 5.02 Å². The van der Waals surface area contributed by atoms with Crippen LogP contribution in [0.1, 0.15) is 0 Å². The summed E-state index contributed by atoms with van der Waals surface area (Å²) in [5.74, 6) is 1.56. The molecule has 3 aromatic rings. The van der Waals surface area contributed by atoms with Crippen molar-refractivity contribution in [2.24, 2.45) is 0 Å². The lowest BCUT2D eigenvalue weighted by atomic mass is 10.3. The van der Waals surface area contributed by atoms with E-state index >= 15 is 0 Å². The highest BCUT2D eigenvalue weighted by Gasteiger charge is 2.24. The number of nitrogens with zero attached hydrogens (tertiary/aromatic N) is 4. The molecule has 1 aliphatic heterocycles. The van der Waals surface area contributed by atoms with E-state index in [1.807, 2.05) is 70.3 Å². The van der Waals surface area contributed by atoms with E-state index in [1.54, 1.807) is 6.20 Å². The number of amides is 1. The van der Waals surface area contributed by atoms with Crippen LogP contribution in [0.15, 0.2) is 67.0 Å². The molecular formula is C21H21ClN4O2. The Morgan fingerprint density at radius 2 is 1.82 bits per heavy atom. The second-order valence-corrected chi connectivity index (χ2v) is 6.98. The lowest BCUT2D eigenvalue weighted by Gasteiger charge is -2.35. The number of hydrogen-bond donors (Lipinski definition) is 0. The molecule has 6 nitrogen and oxygen atoms in total. The molecule has 0 spiro atoms. The molecule has 0 bridgehead atoms. The monoisotopic (exact) mass is 396 g/mol. The Morgan fingerprint density at radius 3 is 2.57 bits per heavy atom. The number of rotatable bonds is 5. The van der Waals surface area contributed by atoms with Gasteiger partial charge in [0.25, 0.3) is 5.91 Å². The van der Waals surface area contributed by atoms with Crippen molar-refractivity contribution in [3.63, 3.8) is 0 Å². The first kappa shape index (κ1) is 18.4. The number of carbonyl (C=O) groups excluding carboxylic acids is 1. The molecule has 0 N–H and O–H groups in total. The molecule has 1 fully saturated rings. The van der Waals surface area contributed by atoms with Crippen molar-refractivity contribution in [3.05, 3.63) is 72.0 Å². The third-order valence-electron chi connectivity index (χ3n) is 4.73. The molecule has 0 aliphatic carbocycles. The number of piperazine rings is 1. The lowest BCUT2D eigenvalue weighted by molar-refractivity contribution is -0.133. The third kappa shape index (κ3) is 4.12. The van der Waals surface area contributed by atoms with Gasteiger partial charge in [-0.2, -0.15) is 0 Å². The number of halogens is 1. The van der Waals surface area contributed by atoms with Gasteiger partial charge in [0.05, 0.1) is 0 Å². The second kappa shape index (κ2) is 8.35. The van der Waals surface area contributed by atoms with Gasteiger partial charge in [-0.3, -0.25) is 9.36 Å². The van der Waals surface area contributed by atoms with Crippen LogP contribution in [0.25, 0.3) is 5.69 Å². The van der Waals surface area contributed by atoms with Gasteiger partial charge < -0.3 is 14.5 Å². The molecular weight excluding hydrogens is 376 g/mol. The zero-order valence-corrected chi connectivity index (χ0v) is 16.1. The van der Waals surface area contributed by atoms with Gasteiger partial charge in [-0.15, -0.1) is 0 Å². The Morgan fingerprint density at radius 1 is 1.04 bits per heavy atom. The summed E-state index contributed by atoms with van der Waals surface area (Å²) in [4.78, 5) is 21.0. The van der Waals surface area contributed by atoms with Crippen molar-refractivity contribution in [2.75, 3.05) is 37.7 Å². The number of imidazole rings is 1. The Bertz CT molecular complexity index is 936. The van der Waals surface area contributed by atoms with E-state index in [4.69, 9.17) is 16.3 Å². The summed E-state index contributed by atoms with van der Waals surface area (Å²) < 4.78 is 7.59. The zero-order valence-electron chi connectivity index (χ0n) is 15.4. The van der Waals surface area contributed by atoms with Gasteiger partial charge in [0, 0.05) is 49.3 Å². The summed E-state index contributed by atoms with van der Waals surface area (Å²) in [6.45, 7) is 2.77. The number of carbonyl (C=O) groups is 1. The summed E-state index contributed by atoms with van der Waals surface area (Å²) >= 11 is 6.12. The van der Waals surface area contributed by atoms with Gasteiger partial charge in [0.1, 0.15) is 5.75 Å². The van der Waals surface area contributed by atoms with E-state index in [1.165, 1.54) is 0 Å². The average molecular weight is 397 g/mol. The third-order valence-corrected chi connectivity index (χ3v) is 4.96. The molecule has 28 heavy (non-hydrogen) atoms. The predicted molar refractivity (Wildman–Crippen MR) is 109 cm³/mol. The quantitative estimate of drug-likeness (QED) is 0.664. The fraction of sp³-hybridized carbons (Fsp3) is 0.238. The molecule has 0 radical (unpaired) electrons. The van der Waals surface area contributed by atoms with E-state index in [9.17, 15) is 4.79 Å². The van der Waals surface area contributed by atoms with E-state index in [0.717, 1.165) is 11.6 Å². The van der Waals surface area contributed by atoms with Crippen LogP contribution in [-0.4, -0.2) is 53.1 Å². The van der Waals surface area contributed by atoms with Crippen molar-refractivity contribution < 1.29 is 9.53 Å². The maximum absolute atomic E-state index is 12.4. The Hall–Kier alpha value is -2.99. The Balaban J connectivity index is 1.36. The summed E-state index contributed by atoms with van der Waals surface area (Å²) in [6.07, 6.45) is 3.70. The molecule has 4 rings (SSSR count). The summed E-state index contributed by atoms with van der Waals surface area (Å²) in [7, 11) is 0. The number of ether oxygens (including phenoxy) is 1. The first-order valence-corrected chi connectivity index (χ1v) is 9.58. The van der Waals surface area contributed by atoms with Gasteiger partial charge in [-0.05, 0) is 30.3 Å². The average Bonchev–Trinajstić information content (AvgIpc) is 3.23. The molecule has 0 saturated carbocycles. The van der Waals surface area contributed by atoms with Gasteiger partial charge >= 0.3 is 0 Å². The van der Waals surface area contributed by atoms with E-state index < -0.39 is 0 Å². The van der Waals surface area contributed by atoms with E-state index in [0.29, 0.717) is 37.0 Å². The van der Waals surface area contributed by atoms with Crippen LogP contribution >= 0.6 is 11.6 Å². The topological polar surface area (TPSA) is 50.6 Å². The fourth-order valence-electron chi connectivity index (χ4n) is 3.27. The van der Waals surface area contributed by atoms with E-state index in [2.05, 4.69) is 9.88 Å². The summed E-state index contributed by atoms with van der Waals surface area (Å²) in [5.41, 5.74) is 0.967. The van der Waals surface area contributed by atoms with Crippen molar-refractivity contribution in [1.82, 2.24) is 14.5 Å². The molecule has 1 amide bonds. The van der Waals surface area contributed by atoms with Crippen molar-refractivity contribution >= 4 is 23.5 Å². The minimum atomic E-state index is 0.00156. The van der Waals surface area contributed by atoms with Crippen LogP contribution in [-0.2, 0) is 4.79 Å². The van der Waals surface area contributed by atoms with Crippen molar-refractivity contribution in [3.8, 4) is 11.4 Å². The fourth-order valence-corrected chi connectivity index (χ4v) is 3.45. The minimum absolute atomic E-state index is 0.00156. The molecule has 0 unspecified atom stereocenters. The molecule has 2 aromatic carbocycles. The van der Waals surface area contributed by atoms with Gasteiger partial charge in [-0.25, -0.2) is 4.98 Å². The van der Waals surface area contributed by atoms with Gasteiger partial charge in [0.2, 0.25) is 5.95 Å². The van der Waals surface area contributed by atoms with Crippen molar-refractivity contribution in [2.45, 2.75) is 0 Å². The second-order valence-electron chi connectivity index (χ2n) is 6.55. The highest BCUT2D eigenvalue weighted by atomic mass is 35.5. The van der Waals surface area contributed by atoms with Crippen LogP contribution in [0.3, 0.4) is 0 Å². The van der Waals surface area contributed by atoms with Crippen molar-refractivity contribution in [1.29, 1.82) is 0 Å². The Kier molecular flexibility index (Phi) is 5.48. The summed E-state index contributed by atoms with van der Waals surface area (Å²) in [5, 5.41) is 0.686. The molecule has 2 heterocycles. The van der Waals surface area contributed by atoms with Crippen LogP contribution in [0.5, 0.6) is 5.75 Å². The normalized spacial score (nSPS) is 14.2. The number of aromatic nitrogens is 2. The van der Waals surface area contributed by atoms with Crippen LogP contribution in [0, 0.1) is 0 Å². The molecule has 1 saturated heterocycles. The molecule has 7 heteroatoms. The van der Waals surface area contributed by atoms with Gasteiger partial charge in [-0.1, -0.05) is 35.9 Å². The predicted octanol–water partition coefficient (Wildman–Crippen LogP) is 3.25. The zero-order chi connectivity index (χ0) is 19.3. The summed E-state index contributed by atoms with van der Waals surface area (Å²) in [6, 6.07) is 17.1. The highest BCUT2D eigenvalue weighted by Crippen LogP contribution is 2.22. The minimum Gasteiger partial charge on any atom is -0.484 e. The maximum atomic E-state index is 12.4. The molecule has 144 valence electrons. The number of benzene rings is 2. The van der Waals surface area contributed by atoms with Crippen LogP contribution in [0.4, 0.5) is 5.95 Å². The number of para-hydroxylation sites is 1. The number of anilines is 1. The molecule has 1 aliphatic rings. The van der Waals surface area contributed by atoms with Gasteiger partial charge in [0.15, 0.2) is 6.61 Å². The SMILES string of the molecule is O=C(COc1ccccc1)N1CCN(c2nccn2-c2cccc(Cl)c2)CC1. The molecule has 1 aromatic heterocycles. The first-order chi connectivity index (χ1) is 13.7. The largest absolute Gasteiger partial charge is 0.484 e. The lowest BCUT2D eigenvalue weighted by Crippen LogP contribution is -2.50. The van der Waals surface area contributed by atoms with Crippen LogP contribution < -0.4 is 9.64 Å². The highest BCUT2D eigenvalue weighted by molar-refractivity contribution is 6.30. The standard InChI is InChI=1S/C21H21ClN4O2/c22-17-5-4-6-18(15-17)26-10-9-23-21(26)25-13-11-24(12-14-25)20(27)16-28-19-7-2-1-3-8-19/h1-10,15H,11-14,16H2. The Labute approximate surface area is 168 Å². The van der Waals surface area contributed by atoms with E-state index in [-0.39, 0.29) is 12.5 Å². The number of hydrogen-bond acceptors (Lipinski definition) is 4. The maximum Gasteiger partial charge on any atom is 0.260 e. The molecule has 0 atom stereocenters.